The molecule has 0 aliphatic heterocycles. The smallest absolute Gasteiger partial charge is 0.303 e. The third-order valence-corrected chi connectivity index (χ3v) is 4.15. The van der Waals surface area contributed by atoms with Crippen LogP contribution in [-0.4, -0.2) is 22.8 Å². The molecule has 0 heterocycles. The molecule has 1 rings (SSSR count). The topological polar surface area (TPSA) is 46.5 Å². The highest BCUT2D eigenvalue weighted by molar-refractivity contribution is 5.66. The lowest BCUT2D eigenvalue weighted by molar-refractivity contribution is -0.165. The summed E-state index contributed by atoms with van der Waals surface area (Å²) in [5.74, 6) is -0.248. The van der Waals surface area contributed by atoms with E-state index in [2.05, 4.69) is 19.9 Å². The zero-order valence-corrected chi connectivity index (χ0v) is 13.4. The number of ether oxygens (including phenoxy) is 1. The first kappa shape index (κ1) is 17.0. The molecule has 3 atom stereocenters. The van der Waals surface area contributed by atoms with Crippen molar-refractivity contribution in [3.63, 3.8) is 0 Å². The van der Waals surface area contributed by atoms with Crippen LogP contribution in [0.4, 0.5) is 0 Å². The molecule has 1 aliphatic rings. The van der Waals surface area contributed by atoms with E-state index in [1.165, 1.54) is 18.1 Å². The molecule has 1 aliphatic carbocycles. The van der Waals surface area contributed by atoms with Crippen molar-refractivity contribution in [2.45, 2.75) is 72.0 Å². The van der Waals surface area contributed by atoms with E-state index in [0.29, 0.717) is 6.42 Å². The van der Waals surface area contributed by atoms with E-state index >= 15 is 0 Å². The molecule has 0 spiro atoms. The van der Waals surface area contributed by atoms with Crippen molar-refractivity contribution < 1.29 is 14.6 Å². The van der Waals surface area contributed by atoms with E-state index < -0.39 is 11.7 Å². The second-order valence-electron chi connectivity index (χ2n) is 6.29. The Balaban J connectivity index is 2.81. The monoisotopic (exact) mass is 280 g/mol. The largest absolute Gasteiger partial charge is 0.455 e. The maximum absolute atomic E-state index is 11.3. The van der Waals surface area contributed by atoms with E-state index in [9.17, 15) is 9.90 Å². The summed E-state index contributed by atoms with van der Waals surface area (Å²) in [4.78, 5) is 11.3. The van der Waals surface area contributed by atoms with Crippen molar-refractivity contribution >= 4 is 5.97 Å². The Morgan fingerprint density at radius 3 is 2.75 bits per heavy atom. The quantitative estimate of drug-likeness (QED) is 0.616. The Morgan fingerprint density at radius 2 is 2.20 bits per heavy atom. The van der Waals surface area contributed by atoms with Crippen molar-refractivity contribution in [1.29, 1.82) is 0 Å². The van der Waals surface area contributed by atoms with Crippen molar-refractivity contribution in [2.24, 2.45) is 5.92 Å². The molecule has 0 saturated heterocycles. The highest BCUT2D eigenvalue weighted by atomic mass is 16.6. The summed E-state index contributed by atoms with van der Waals surface area (Å²) in [5.41, 5.74) is 1.53. The van der Waals surface area contributed by atoms with E-state index in [4.69, 9.17) is 4.74 Å². The average molecular weight is 280 g/mol. The van der Waals surface area contributed by atoms with Gasteiger partial charge in [0.2, 0.25) is 0 Å². The molecule has 0 aromatic rings. The van der Waals surface area contributed by atoms with Crippen LogP contribution in [0, 0.1) is 5.92 Å². The Kier molecular flexibility index (Phi) is 6.00. The zero-order chi connectivity index (χ0) is 15.3. The van der Waals surface area contributed by atoms with Crippen LogP contribution in [0.25, 0.3) is 0 Å². The lowest BCUT2D eigenvalue weighted by atomic mass is 9.73. The van der Waals surface area contributed by atoms with Gasteiger partial charge in [0.25, 0.3) is 0 Å². The van der Waals surface area contributed by atoms with Gasteiger partial charge in [-0.25, -0.2) is 0 Å². The highest BCUT2D eigenvalue weighted by Crippen LogP contribution is 2.37. The molecular weight excluding hydrogens is 252 g/mol. The van der Waals surface area contributed by atoms with Gasteiger partial charge in [-0.1, -0.05) is 24.1 Å². The molecular formula is C17H28O3. The summed E-state index contributed by atoms with van der Waals surface area (Å²) in [6.07, 6.45) is 6.93. The van der Waals surface area contributed by atoms with Gasteiger partial charge in [0.1, 0.15) is 11.7 Å². The number of carbonyl (C=O) groups excluding carboxylic acids is 1. The average Bonchev–Trinajstić information content (AvgIpc) is 2.32. The van der Waals surface area contributed by atoms with Crippen LogP contribution in [0.3, 0.4) is 0 Å². The molecule has 0 saturated carbocycles. The normalized spacial score (nSPS) is 27.5. The van der Waals surface area contributed by atoms with Crippen LogP contribution in [0.1, 0.15) is 60.3 Å². The maximum atomic E-state index is 11.3. The fraction of sp³-hybridized carbons (Fsp3) is 0.706. The Morgan fingerprint density at radius 1 is 1.55 bits per heavy atom. The van der Waals surface area contributed by atoms with Crippen molar-refractivity contribution in [3.8, 4) is 0 Å². The van der Waals surface area contributed by atoms with E-state index in [1.54, 1.807) is 0 Å². The zero-order valence-electron chi connectivity index (χ0n) is 13.4. The summed E-state index contributed by atoms with van der Waals surface area (Å²) < 4.78 is 5.35. The van der Waals surface area contributed by atoms with E-state index in [-0.39, 0.29) is 11.9 Å². The lowest BCUT2D eigenvalue weighted by Crippen LogP contribution is -2.50. The molecule has 0 radical (unpaired) electrons. The molecule has 0 aromatic carbocycles. The van der Waals surface area contributed by atoms with Gasteiger partial charge in [-0.3, -0.25) is 4.79 Å². The molecule has 0 unspecified atom stereocenters. The number of rotatable bonds is 5. The van der Waals surface area contributed by atoms with Gasteiger partial charge in [-0.05, 0) is 58.4 Å². The van der Waals surface area contributed by atoms with Crippen molar-refractivity contribution in [2.75, 3.05) is 0 Å². The standard InChI is InChI=1S/C17H28O3/c1-12(2)7-6-8-14(4)17(19)10-9-13(3)11-16(17)20-15(5)18/h7,11,14,16,19H,6,8-10H2,1-5H3/t14-,16-,17-/m1/s1. The second-order valence-corrected chi connectivity index (χ2v) is 6.29. The third kappa shape index (κ3) is 4.48. The molecule has 20 heavy (non-hydrogen) atoms. The fourth-order valence-electron chi connectivity index (χ4n) is 2.74. The summed E-state index contributed by atoms with van der Waals surface area (Å²) in [7, 11) is 0. The molecule has 114 valence electrons. The van der Waals surface area contributed by atoms with Gasteiger partial charge in [0.05, 0.1) is 0 Å². The predicted molar refractivity (Wildman–Crippen MR) is 81.3 cm³/mol. The minimum atomic E-state index is -0.944. The lowest BCUT2D eigenvalue weighted by Gasteiger charge is -2.41. The molecule has 0 fully saturated rings. The SMILES string of the molecule is CC(=O)O[C@@H]1C=C(C)CC[C@@]1(O)[C@H](C)CCC=C(C)C. The molecule has 0 amide bonds. The maximum Gasteiger partial charge on any atom is 0.303 e. The van der Waals surface area contributed by atoms with Crippen LogP contribution in [0.2, 0.25) is 0 Å². The first-order valence-corrected chi connectivity index (χ1v) is 7.46. The van der Waals surface area contributed by atoms with Gasteiger partial charge in [-0.15, -0.1) is 0 Å². The molecule has 0 aromatic heterocycles. The third-order valence-electron chi connectivity index (χ3n) is 4.15. The Hall–Kier alpha value is -1.09. The van der Waals surface area contributed by atoms with Crippen LogP contribution in [0.15, 0.2) is 23.3 Å². The Bertz CT molecular complexity index is 404. The minimum absolute atomic E-state index is 0.0896. The Labute approximate surface area is 122 Å². The van der Waals surface area contributed by atoms with Crippen molar-refractivity contribution in [1.82, 2.24) is 0 Å². The minimum Gasteiger partial charge on any atom is -0.455 e. The summed E-state index contributed by atoms with van der Waals surface area (Å²) in [6, 6.07) is 0. The van der Waals surface area contributed by atoms with Crippen LogP contribution in [0.5, 0.6) is 0 Å². The highest BCUT2D eigenvalue weighted by Gasteiger charge is 2.44. The van der Waals surface area contributed by atoms with Crippen LogP contribution in [-0.2, 0) is 9.53 Å². The first-order chi connectivity index (χ1) is 9.25. The predicted octanol–water partition coefficient (Wildman–Crippen LogP) is 3.77. The van der Waals surface area contributed by atoms with Gasteiger partial charge >= 0.3 is 5.97 Å². The number of allylic oxidation sites excluding steroid dienone is 3. The van der Waals surface area contributed by atoms with Gasteiger partial charge in [0.15, 0.2) is 0 Å². The number of carbonyl (C=O) groups is 1. The second kappa shape index (κ2) is 7.07. The number of hydrogen-bond acceptors (Lipinski definition) is 3. The molecule has 3 nitrogen and oxygen atoms in total. The van der Waals surface area contributed by atoms with Crippen molar-refractivity contribution in [3.05, 3.63) is 23.3 Å². The van der Waals surface area contributed by atoms with Gasteiger partial charge in [0, 0.05) is 6.92 Å². The van der Waals surface area contributed by atoms with E-state index in [1.807, 2.05) is 19.9 Å². The van der Waals surface area contributed by atoms with E-state index in [0.717, 1.165) is 19.3 Å². The fourth-order valence-corrected chi connectivity index (χ4v) is 2.74. The number of aliphatic hydroxyl groups is 1. The summed E-state index contributed by atoms with van der Waals surface area (Å²) >= 11 is 0. The summed E-state index contributed by atoms with van der Waals surface area (Å²) in [6.45, 7) is 9.61. The number of esters is 1. The van der Waals surface area contributed by atoms with Gasteiger partial charge < -0.3 is 9.84 Å². The van der Waals surface area contributed by atoms with Crippen LogP contribution < -0.4 is 0 Å². The van der Waals surface area contributed by atoms with Gasteiger partial charge in [-0.2, -0.15) is 0 Å². The number of hydrogen-bond donors (Lipinski definition) is 1. The molecule has 0 bridgehead atoms. The first-order valence-electron chi connectivity index (χ1n) is 7.46. The molecule has 3 heteroatoms. The summed E-state index contributed by atoms with van der Waals surface area (Å²) in [5, 5.41) is 11.0. The molecule has 1 N–H and O–H groups in total. The van der Waals surface area contributed by atoms with Crippen LogP contribution >= 0.6 is 0 Å².